The van der Waals surface area contributed by atoms with Gasteiger partial charge >= 0.3 is 0 Å². The van der Waals surface area contributed by atoms with Gasteiger partial charge in [-0.25, -0.2) is 0 Å². The normalized spacial score (nSPS) is 9.59. The van der Waals surface area contributed by atoms with Crippen LogP contribution in [0.15, 0.2) is 48.5 Å². The van der Waals surface area contributed by atoms with E-state index in [-0.39, 0.29) is 11.5 Å². The number of carbonyl (C=O) groups excluding carboxylic acids is 1. The van der Waals surface area contributed by atoms with Crippen molar-refractivity contribution in [2.45, 2.75) is 0 Å². The van der Waals surface area contributed by atoms with Crippen molar-refractivity contribution in [3.05, 3.63) is 65.2 Å². The van der Waals surface area contributed by atoms with Crippen LogP contribution in [-0.2, 0) is 0 Å². The maximum Gasteiger partial charge on any atom is 0.194 e. The van der Waals surface area contributed by atoms with Crippen LogP contribution in [0.5, 0.6) is 5.75 Å². The Labute approximate surface area is 98.6 Å². The van der Waals surface area contributed by atoms with Gasteiger partial charge in [0, 0.05) is 11.1 Å². The Balaban J connectivity index is 2.44. The average Bonchev–Trinajstić information content (AvgIpc) is 2.39. The second-order valence-electron chi connectivity index (χ2n) is 3.53. The molecule has 0 aliphatic heterocycles. The predicted octanol–water partition coefficient (Wildman–Crippen LogP) is 2.49. The van der Waals surface area contributed by atoms with Crippen LogP contribution in [0.2, 0.25) is 0 Å². The number of rotatable bonds is 2. The van der Waals surface area contributed by atoms with Crippen LogP contribution in [0.1, 0.15) is 21.5 Å². The lowest BCUT2D eigenvalue weighted by Crippen LogP contribution is -2.03. The van der Waals surface area contributed by atoms with E-state index < -0.39 is 0 Å². The molecule has 0 heterocycles. The van der Waals surface area contributed by atoms with Crippen molar-refractivity contribution < 1.29 is 9.90 Å². The van der Waals surface area contributed by atoms with Crippen LogP contribution >= 0.6 is 0 Å². The van der Waals surface area contributed by atoms with E-state index in [0.29, 0.717) is 16.7 Å². The predicted molar refractivity (Wildman–Crippen MR) is 62.7 cm³/mol. The van der Waals surface area contributed by atoms with E-state index in [2.05, 4.69) is 0 Å². The quantitative estimate of drug-likeness (QED) is 0.795. The van der Waals surface area contributed by atoms with Gasteiger partial charge in [0.2, 0.25) is 0 Å². The summed E-state index contributed by atoms with van der Waals surface area (Å²) in [6, 6.07) is 14.6. The van der Waals surface area contributed by atoms with Crippen LogP contribution < -0.4 is 0 Å². The third kappa shape index (κ3) is 2.16. The molecule has 2 aromatic rings. The van der Waals surface area contributed by atoms with Crippen molar-refractivity contribution in [1.82, 2.24) is 0 Å². The molecule has 2 aromatic carbocycles. The maximum atomic E-state index is 12.1. The molecule has 0 amide bonds. The Morgan fingerprint density at radius 1 is 1.06 bits per heavy atom. The van der Waals surface area contributed by atoms with E-state index in [1.54, 1.807) is 24.3 Å². The van der Waals surface area contributed by atoms with Crippen LogP contribution in [0.4, 0.5) is 0 Å². The summed E-state index contributed by atoms with van der Waals surface area (Å²) in [5, 5.41) is 18.1. The fraction of sp³-hybridized carbons (Fsp3) is 0. The number of carbonyl (C=O) groups is 1. The van der Waals surface area contributed by atoms with Crippen molar-refractivity contribution >= 4 is 5.78 Å². The van der Waals surface area contributed by atoms with E-state index in [1.807, 2.05) is 6.07 Å². The summed E-state index contributed by atoms with van der Waals surface area (Å²) in [4.78, 5) is 12.1. The number of phenols is 1. The van der Waals surface area contributed by atoms with Crippen molar-refractivity contribution in [2.24, 2.45) is 0 Å². The molecule has 0 atom stereocenters. The van der Waals surface area contributed by atoms with Crippen molar-refractivity contribution in [3.63, 3.8) is 0 Å². The van der Waals surface area contributed by atoms with E-state index >= 15 is 0 Å². The van der Waals surface area contributed by atoms with Crippen LogP contribution in [0.25, 0.3) is 0 Å². The van der Waals surface area contributed by atoms with Gasteiger partial charge in [-0.2, -0.15) is 5.26 Å². The van der Waals surface area contributed by atoms with Gasteiger partial charge < -0.3 is 5.11 Å². The molecule has 0 radical (unpaired) electrons. The molecule has 0 aliphatic rings. The topological polar surface area (TPSA) is 61.1 Å². The van der Waals surface area contributed by atoms with Gasteiger partial charge in [-0.05, 0) is 36.4 Å². The SMILES string of the molecule is N#Cc1ccccc1C(=O)c1ccc(O)cc1. The number of nitriles is 1. The summed E-state index contributed by atoms with van der Waals surface area (Å²) in [7, 11) is 0. The number of benzene rings is 2. The molecule has 82 valence electrons. The lowest BCUT2D eigenvalue weighted by molar-refractivity contribution is 0.103. The van der Waals surface area contributed by atoms with Crippen LogP contribution in [0.3, 0.4) is 0 Å². The lowest BCUT2D eigenvalue weighted by Gasteiger charge is -2.03. The molecule has 3 heteroatoms. The van der Waals surface area contributed by atoms with Crippen LogP contribution in [-0.4, -0.2) is 10.9 Å². The van der Waals surface area contributed by atoms with Gasteiger partial charge in [-0.15, -0.1) is 0 Å². The Hall–Kier alpha value is -2.60. The minimum Gasteiger partial charge on any atom is -0.508 e. The highest BCUT2D eigenvalue weighted by Gasteiger charge is 2.12. The molecule has 0 unspecified atom stereocenters. The summed E-state index contributed by atoms with van der Waals surface area (Å²) in [5.41, 5.74) is 1.18. The van der Waals surface area contributed by atoms with Gasteiger partial charge in [0.1, 0.15) is 5.75 Å². The highest BCUT2D eigenvalue weighted by molar-refractivity contribution is 6.10. The molecule has 2 rings (SSSR count). The standard InChI is InChI=1S/C14H9NO2/c15-9-11-3-1-2-4-13(11)14(17)10-5-7-12(16)8-6-10/h1-8,16H. The number of hydrogen-bond donors (Lipinski definition) is 1. The molecule has 1 N–H and O–H groups in total. The van der Waals surface area contributed by atoms with Crippen molar-refractivity contribution in [2.75, 3.05) is 0 Å². The number of phenolic OH excluding ortho intramolecular Hbond substituents is 1. The second kappa shape index (κ2) is 4.50. The Kier molecular flexibility index (Phi) is 2.89. The van der Waals surface area contributed by atoms with Gasteiger partial charge in [0.25, 0.3) is 0 Å². The zero-order valence-corrected chi connectivity index (χ0v) is 8.92. The largest absolute Gasteiger partial charge is 0.508 e. The van der Waals surface area contributed by atoms with E-state index in [0.717, 1.165) is 0 Å². The maximum absolute atomic E-state index is 12.1. The molecule has 3 nitrogen and oxygen atoms in total. The third-order valence-corrected chi connectivity index (χ3v) is 2.42. The Bertz CT molecular complexity index is 594. The third-order valence-electron chi connectivity index (χ3n) is 2.42. The Morgan fingerprint density at radius 3 is 2.35 bits per heavy atom. The molecular formula is C14H9NO2. The molecule has 17 heavy (non-hydrogen) atoms. The first-order valence-corrected chi connectivity index (χ1v) is 5.05. The van der Waals surface area contributed by atoms with Crippen molar-refractivity contribution in [3.8, 4) is 11.8 Å². The minimum absolute atomic E-state index is 0.107. The lowest BCUT2D eigenvalue weighted by atomic mass is 9.99. The van der Waals surface area contributed by atoms with Gasteiger partial charge in [0.15, 0.2) is 5.78 Å². The summed E-state index contributed by atoms with van der Waals surface area (Å²) < 4.78 is 0. The number of hydrogen-bond acceptors (Lipinski definition) is 3. The zero-order valence-electron chi connectivity index (χ0n) is 8.92. The fourth-order valence-corrected chi connectivity index (χ4v) is 1.55. The smallest absolute Gasteiger partial charge is 0.194 e. The second-order valence-corrected chi connectivity index (χ2v) is 3.53. The first-order chi connectivity index (χ1) is 8.22. The highest BCUT2D eigenvalue weighted by atomic mass is 16.3. The summed E-state index contributed by atoms with van der Waals surface area (Å²) in [5.74, 6) is -0.114. The average molecular weight is 223 g/mol. The van der Waals surface area contributed by atoms with Gasteiger partial charge in [0.05, 0.1) is 11.6 Å². The van der Waals surface area contributed by atoms with E-state index in [4.69, 9.17) is 10.4 Å². The monoisotopic (exact) mass is 223 g/mol. The molecule has 0 aromatic heterocycles. The first kappa shape index (κ1) is 10.9. The first-order valence-electron chi connectivity index (χ1n) is 5.05. The fourth-order valence-electron chi connectivity index (χ4n) is 1.55. The van der Waals surface area contributed by atoms with Crippen LogP contribution in [0, 0.1) is 11.3 Å². The summed E-state index contributed by atoms with van der Waals surface area (Å²) in [6.07, 6.45) is 0. The molecule has 0 spiro atoms. The molecule has 0 aliphatic carbocycles. The summed E-state index contributed by atoms with van der Waals surface area (Å²) in [6.45, 7) is 0. The van der Waals surface area contributed by atoms with Gasteiger partial charge in [-0.3, -0.25) is 4.79 Å². The van der Waals surface area contributed by atoms with E-state index in [9.17, 15) is 4.79 Å². The minimum atomic E-state index is -0.220. The molecular weight excluding hydrogens is 214 g/mol. The van der Waals surface area contributed by atoms with E-state index in [1.165, 1.54) is 24.3 Å². The number of aromatic hydroxyl groups is 1. The number of nitrogens with zero attached hydrogens (tertiary/aromatic N) is 1. The summed E-state index contributed by atoms with van der Waals surface area (Å²) >= 11 is 0. The molecule has 0 saturated heterocycles. The molecule has 0 saturated carbocycles. The zero-order chi connectivity index (χ0) is 12.3. The molecule has 0 bridgehead atoms. The number of ketones is 1. The van der Waals surface area contributed by atoms with Gasteiger partial charge in [-0.1, -0.05) is 12.1 Å². The highest BCUT2D eigenvalue weighted by Crippen LogP contribution is 2.16. The Morgan fingerprint density at radius 2 is 1.71 bits per heavy atom. The van der Waals surface area contributed by atoms with Crippen molar-refractivity contribution in [1.29, 1.82) is 5.26 Å². The molecule has 0 fully saturated rings.